The van der Waals surface area contributed by atoms with Gasteiger partial charge in [-0.25, -0.2) is 4.79 Å². The molecule has 1 aromatic rings. The summed E-state index contributed by atoms with van der Waals surface area (Å²) in [6, 6.07) is 0. The van der Waals surface area contributed by atoms with E-state index in [9.17, 15) is 4.79 Å². The number of hydrogen-bond donors (Lipinski definition) is 2. The number of hydrogen-bond acceptors (Lipinski definition) is 6. The van der Waals surface area contributed by atoms with Crippen molar-refractivity contribution in [2.24, 2.45) is 4.99 Å². The van der Waals surface area contributed by atoms with E-state index in [2.05, 4.69) is 14.3 Å². The fourth-order valence-corrected chi connectivity index (χ4v) is 1.06. The summed E-state index contributed by atoms with van der Waals surface area (Å²) < 4.78 is 3.70. The number of nitrogens with zero attached hydrogens (tertiary/aromatic N) is 3. The number of carboxylic acid groups (broad SMARTS) is 1. The lowest BCUT2D eigenvalue weighted by Crippen LogP contribution is -2.15. The Morgan fingerprint density at radius 1 is 1.75 bits per heavy atom. The second kappa shape index (κ2) is 3.26. The van der Waals surface area contributed by atoms with E-state index in [-0.39, 0.29) is 16.7 Å². The first-order valence-electron chi connectivity index (χ1n) is 2.94. The lowest BCUT2D eigenvalue weighted by molar-refractivity contribution is -0.129. The minimum Gasteiger partial charge on any atom is -0.476 e. The standard InChI is InChI=1S/C5H6N4O2S/c1-7-2(4(10)11)3-8-5(6)12-9-3/h1H3,(H,10,11)(H2,6,8,9)/b7-2+. The second-order valence-electron chi connectivity index (χ2n) is 1.83. The van der Waals surface area contributed by atoms with Gasteiger partial charge in [-0.3, -0.25) is 4.99 Å². The number of aromatic nitrogens is 2. The van der Waals surface area contributed by atoms with Gasteiger partial charge in [-0.15, -0.1) is 0 Å². The van der Waals surface area contributed by atoms with Crippen molar-refractivity contribution in [2.75, 3.05) is 12.8 Å². The van der Waals surface area contributed by atoms with Crippen LogP contribution in [0.25, 0.3) is 0 Å². The van der Waals surface area contributed by atoms with Gasteiger partial charge in [-0.1, -0.05) is 0 Å². The molecule has 1 aromatic heterocycles. The van der Waals surface area contributed by atoms with E-state index in [1.807, 2.05) is 0 Å². The highest BCUT2D eigenvalue weighted by molar-refractivity contribution is 7.09. The van der Waals surface area contributed by atoms with Gasteiger partial charge in [-0.05, 0) is 0 Å². The predicted octanol–water partition coefficient (Wildman–Crippen LogP) is -0.376. The molecular formula is C5H6N4O2S. The molecule has 0 aliphatic heterocycles. The number of nitrogen functional groups attached to an aromatic ring is 1. The minimum atomic E-state index is -1.16. The molecule has 0 aromatic carbocycles. The van der Waals surface area contributed by atoms with Crippen LogP contribution in [-0.2, 0) is 4.79 Å². The predicted molar refractivity (Wildman–Crippen MR) is 44.4 cm³/mol. The molecule has 1 heterocycles. The van der Waals surface area contributed by atoms with Crippen molar-refractivity contribution in [3.63, 3.8) is 0 Å². The molecule has 7 heteroatoms. The van der Waals surface area contributed by atoms with Crippen LogP contribution >= 0.6 is 11.5 Å². The van der Waals surface area contributed by atoms with E-state index < -0.39 is 5.97 Å². The van der Waals surface area contributed by atoms with Crippen LogP contribution in [0.2, 0.25) is 0 Å². The molecule has 0 spiro atoms. The van der Waals surface area contributed by atoms with Crippen molar-refractivity contribution in [2.45, 2.75) is 0 Å². The monoisotopic (exact) mass is 186 g/mol. The molecule has 0 aliphatic rings. The van der Waals surface area contributed by atoms with Gasteiger partial charge in [0.2, 0.25) is 0 Å². The first-order valence-corrected chi connectivity index (χ1v) is 3.72. The normalized spacial score (nSPS) is 11.6. The highest BCUT2D eigenvalue weighted by atomic mass is 32.1. The van der Waals surface area contributed by atoms with Gasteiger partial charge < -0.3 is 10.8 Å². The number of anilines is 1. The zero-order valence-electron chi connectivity index (χ0n) is 6.18. The second-order valence-corrected chi connectivity index (χ2v) is 2.62. The Bertz CT molecular complexity index is 332. The Kier molecular flexibility index (Phi) is 2.34. The Hall–Kier alpha value is -1.50. The maximum atomic E-state index is 10.5. The van der Waals surface area contributed by atoms with Crippen LogP contribution < -0.4 is 5.73 Å². The van der Waals surface area contributed by atoms with Gasteiger partial charge in [0.15, 0.2) is 16.7 Å². The molecule has 12 heavy (non-hydrogen) atoms. The van der Waals surface area contributed by atoms with E-state index in [4.69, 9.17) is 10.8 Å². The number of rotatable bonds is 2. The highest BCUT2D eigenvalue weighted by Crippen LogP contribution is 2.06. The van der Waals surface area contributed by atoms with E-state index in [1.165, 1.54) is 7.05 Å². The van der Waals surface area contributed by atoms with E-state index in [1.54, 1.807) is 0 Å². The van der Waals surface area contributed by atoms with Crippen LogP contribution in [0.15, 0.2) is 4.99 Å². The third kappa shape index (κ3) is 1.56. The summed E-state index contributed by atoms with van der Waals surface area (Å²) in [6.45, 7) is 0. The summed E-state index contributed by atoms with van der Waals surface area (Å²) in [5, 5.41) is 8.82. The van der Waals surface area contributed by atoms with Crippen LogP contribution in [-0.4, -0.2) is 33.2 Å². The summed E-state index contributed by atoms with van der Waals surface area (Å²) in [5.74, 6) is -1.09. The maximum absolute atomic E-state index is 10.5. The Balaban J connectivity index is 3.04. The molecule has 64 valence electrons. The van der Waals surface area contributed by atoms with Crippen molar-refractivity contribution in [1.29, 1.82) is 0 Å². The molecule has 0 amide bonds. The molecule has 0 radical (unpaired) electrons. The van der Waals surface area contributed by atoms with Crippen LogP contribution in [0.3, 0.4) is 0 Å². The first-order chi connectivity index (χ1) is 5.65. The molecule has 0 saturated carbocycles. The van der Waals surface area contributed by atoms with Crippen molar-refractivity contribution < 1.29 is 9.90 Å². The van der Waals surface area contributed by atoms with Crippen LogP contribution in [0.1, 0.15) is 5.82 Å². The SMILES string of the molecule is C/N=C(/C(=O)O)c1nsc(N)n1. The number of aliphatic carboxylic acids is 1. The van der Waals surface area contributed by atoms with Gasteiger partial charge in [0, 0.05) is 18.6 Å². The number of nitrogens with two attached hydrogens (primary N) is 1. The zero-order valence-corrected chi connectivity index (χ0v) is 7.00. The highest BCUT2D eigenvalue weighted by Gasteiger charge is 2.15. The van der Waals surface area contributed by atoms with Crippen molar-refractivity contribution in [1.82, 2.24) is 9.36 Å². The van der Waals surface area contributed by atoms with Crippen molar-refractivity contribution >= 4 is 28.3 Å². The molecular weight excluding hydrogens is 180 g/mol. The number of aliphatic imine (C=N–C) groups is 1. The lowest BCUT2D eigenvalue weighted by atomic mass is 10.3. The third-order valence-corrected chi connectivity index (χ3v) is 1.62. The summed E-state index contributed by atoms with van der Waals surface area (Å²) in [7, 11) is 1.36. The fourth-order valence-electron chi connectivity index (χ4n) is 0.623. The molecule has 0 saturated heterocycles. The largest absolute Gasteiger partial charge is 0.476 e. The quantitative estimate of drug-likeness (QED) is 0.613. The van der Waals surface area contributed by atoms with E-state index in [0.717, 1.165) is 11.5 Å². The molecule has 0 atom stereocenters. The smallest absolute Gasteiger partial charge is 0.358 e. The molecule has 3 N–H and O–H groups in total. The molecule has 0 bridgehead atoms. The lowest BCUT2D eigenvalue weighted by Gasteiger charge is -1.90. The summed E-state index contributed by atoms with van der Waals surface area (Å²) in [4.78, 5) is 17.7. The van der Waals surface area contributed by atoms with Crippen LogP contribution in [0.5, 0.6) is 0 Å². The Morgan fingerprint density at radius 3 is 2.75 bits per heavy atom. The maximum Gasteiger partial charge on any atom is 0.358 e. The molecule has 0 aliphatic carbocycles. The van der Waals surface area contributed by atoms with Gasteiger partial charge in [0.05, 0.1) is 0 Å². The van der Waals surface area contributed by atoms with Gasteiger partial charge in [0.1, 0.15) is 0 Å². The van der Waals surface area contributed by atoms with E-state index >= 15 is 0 Å². The third-order valence-electron chi connectivity index (χ3n) is 1.08. The molecule has 6 nitrogen and oxygen atoms in total. The fraction of sp³-hybridized carbons (Fsp3) is 0.200. The van der Waals surface area contributed by atoms with Crippen LogP contribution in [0, 0.1) is 0 Å². The Morgan fingerprint density at radius 2 is 2.42 bits per heavy atom. The zero-order chi connectivity index (χ0) is 9.14. The first kappa shape index (κ1) is 8.60. The van der Waals surface area contributed by atoms with Crippen molar-refractivity contribution in [3.8, 4) is 0 Å². The average molecular weight is 186 g/mol. The van der Waals surface area contributed by atoms with Gasteiger partial charge in [0.25, 0.3) is 0 Å². The summed E-state index contributed by atoms with van der Waals surface area (Å²) in [5.41, 5.74) is 5.09. The molecule has 0 unspecified atom stereocenters. The molecule has 0 fully saturated rings. The minimum absolute atomic E-state index is 0.0625. The number of carbonyl (C=O) groups is 1. The molecule has 1 rings (SSSR count). The van der Waals surface area contributed by atoms with Gasteiger partial charge in [-0.2, -0.15) is 9.36 Å². The topological polar surface area (TPSA) is 101 Å². The van der Waals surface area contributed by atoms with Crippen LogP contribution in [0.4, 0.5) is 5.13 Å². The van der Waals surface area contributed by atoms with Gasteiger partial charge >= 0.3 is 5.97 Å². The summed E-state index contributed by atoms with van der Waals surface area (Å²) >= 11 is 0.938. The number of carboxylic acids is 1. The van der Waals surface area contributed by atoms with Crippen molar-refractivity contribution in [3.05, 3.63) is 5.82 Å². The summed E-state index contributed by atoms with van der Waals surface area (Å²) in [6.07, 6.45) is 0. The van der Waals surface area contributed by atoms with E-state index in [0.29, 0.717) is 0 Å². The average Bonchev–Trinajstić information content (AvgIpc) is 2.37. The Labute approximate surface area is 71.9 Å².